The molecule has 11 heavy (non-hydrogen) atoms. The molecule has 0 aromatic carbocycles. The maximum Gasteiger partial charge on any atom is 0.106 e. The van der Waals surface area contributed by atoms with Crippen molar-refractivity contribution in [3.63, 3.8) is 0 Å². The van der Waals surface area contributed by atoms with Gasteiger partial charge in [0.25, 0.3) is 0 Å². The summed E-state index contributed by atoms with van der Waals surface area (Å²) in [6.07, 6.45) is 1.54. The fourth-order valence-corrected chi connectivity index (χ4v) is 1.10. The van der Waals surface area contributed by atoms with Crippen LogP contribution in [0.5, 0.6) is 0 Å². The van der Waals surface area contributed by atoms with E-state index in [1.165, 1.54) is 6.20 Å². The molecule has 0 aliphatic carbocycles. The van der Waals surface area contributed by atoms with Crippen molar-refractivity contribution in [2.45, 2.75) is 6.92 Å². The van der Waals surface area contributed by atoms with Gasteiger partial charge >= 0.3 is 0 Å². The molecule has 0 amide bonds. The second kappa shape index (κ2) is 3.00. The van der Waals surface area contributed by atoms with E-state index < -0.39 is 0 Å². The number of hydrogen-bond donors (Lipinski definition) is 2. The van der Waals surface area contributed by atoms with Crippen molar-refractivity contribution < 1.29 is 0 Å². The van der Waals surface area contributed by atoms with E-state index >= 15 is 0 Å². The summed E-state index contributed by atoms with van der Waals surface area (Å²) in [7, 11) is 0. The Balaban J connectivity index is 3.23. The van der Waals surface area contributed by atoms with E-state index in [9.17, 15) is 0 Å². The average Bonchev–Trinajstić information content (AvgIpc) is 1.94. The minimum absolute atomic E-state index is 0.450. The Labute approximate surface area is 73.3 Å². The molecule has 0 spiro atoms. The Hall–Kier alpha value is -0.900. The Bertz CT molecular complexity index is 296. The van der Waals surface area contributed by atoms with E-state index in [0.717, 1.165) is 5.56 Å². The highest BCUT2D eigenvalue weighted by molar-refractivity contribution is 9.10. The van der Waals surface area contributed by atoms with Crippen molar-refractivity contribution in [3.05, 3.63) is 22.4 Å². The van der Waals surface area contributed by atoms with E-state index in [-0.39, 0.29) is 0 Å². The van der Waals surface area contributed by atoms with Crippen molar-refractivity contribution >= 4 is 27.3 Å². The zero-order valence-electron chi connectivity index (χ0n) is 6.06. The number of nitrogens with two attached hydrogens (primary N) is 1. The van der Waals surface area contributed by atoms with E-state index in [2.05, 4.69) is 20.9 Å². The van der Waals surface area contributed by atoms with Gasteiger partial charge < -0.3 is 11.1 Å². The number of rotatable bonds is 1. The third-order valence-electron chi connectivity index (χ3n) is 1.31. The van der Waals surface area contributed by atoms with E-state index in [4.69, 9.17) is 11.1 Å². The molecule has 1 aromatic heterocycles. The SMILES string of the molecule is CC(=N)c1cc(Br)ncc1N. The molecule has 58 valence electrons. The molecule has 0 atom stereocenters. The van der Waals surface area contributed by atoms with Crippen LogP contribution in [0.2, 0.25) is 0 Å². The normalized spacial score (nSPS) is 9.64. The minimum Gasteiger partial charge on any atom is -0.397 e. The predicted molar refractivity (Wildman–Crippen MR) is 48.9 cm³/mol. The van der Waals surface area contributed by atoms with Crippen LogP contribution in [0.25, 0.3) is 0 Å². The molecule has 4 heteroatoms. The summed E-state index contributed by atoms with van der Waals surface area (Å²) in [5.74, 6) is 0. The largest absolute Gasteiger partial charge is 0.397 e. The third-order valence-corrected chi connectivity index (χ3v) is 1.74. The summed E-state index contributed by atoms with van der Waals surface area (Å²) >= 11 is 3.20. The lowest BCUT2D eigenvalue weighted by molar-refractivity contribution is 1.27. The van der Waals surface area contributed by atoms with E-state index in [1.54, 1.807) is 13.0 Å². The number of halogens is 1. The topological polar surface area (TPSA) is 62.8 Å². The van der Waals surface area contributed by atoms with Gasteiger partial charge in [-0.3, -0.25) is 0 Å². The van der Waals surface area contributed by atoms with Crippen LogP contribution < -0.4 is 5.73 Å². The van der Waals surface area contributed by atoms with Gasteiger partial charge in [0.05, 0.1) is 11.9 Å². The summed E-state index contributed by atoms with van der Waals surface area (Å²) in [6, 6.07) is 1.73. The Morgan fingerprint density at radius 2 is 2.36 bits per heavy atom. The second-order valence-electron chi connectivity index (χ2n) is 2.22. The lowest BCUT2D eigenvalue weighted by Crippen LogP contribution is -2.00. The first-order valence-corrected chi connectivity index (χ1v) is 3.87. The molecule has 0 aliphatic heterocycles. The molecule has 0 unspecified atom stereocenters. The zero-order valence-corrected chi connectivity index (χ0v) is 7.64. The van der Waals surface area contributed by atoms with Crippen molar-refractivity contribution in [2.24, 2.45) is 0 Å². The van der Waals surface area contributed by atoms with Crippen LogP contribution in [-0.2, 0) is 0 Å². The smallest absolute Gasteiger partial charge is 0.106 e. The van der Waals surface area contributed by atoms with Gasteiger partial charge in [0.1, 0.15) is 4.60 Å². The summed E-state index contributed by atoms with van der Waals surface area (Å²) < 4.78 is 0.702. The van der Waals surface area contributed by atoms with Crippen LogP contribution in [0.15, 0.2) is 16.9 Å². The highest BCUT2D eigenvalue weighted by atomic mass is 79.9. The van der Waals surface area contributed by atoms with Crippen molar-refractivity contribution in [1.29, 1.82) is 5.41 Å². The van der Waals surface area contributed by atoms with Crippen LogP contribution in [0, 0.1) is 5.41 Å². The van der Waals surface area contributed by atoms with Gasteiger partial charge in [-0.2, -0.15) is 0 Å². The van der Waals surface area contributed by atoms with Crippen LogP contribution in [-0.4, -0.2) is 10.7 Å². The monoisotopic (exact) mass is 213 g/mol. The van der Waals surface area contributed by atoms with Crippen LogP contribution >= 0.6 is 15.9 Å². The predicted octanol–water partition coefficient (Wildman–Crippen LogP) is 1.81. The first-order chi connectivity index (χ1) is 5.11. The number of nitrogens with zero attached hydrogens (tertiary/aromatic N) is 1. The molecule has 0 fully saturated rings. The molecule has 0 aliphatic rings. The molecule has 0 saturated heterocycles. The van der Waals surface area contributed by atoms with Crippen molar-refractivity contribution in [1.82, 2.24) is 4.98 Å². The quantitative estimate of drug-likeness (QED) is 0.553. The van der Waals surface area contributed by atoms with Gasteiger partial charge in [-0.15, -0.1) is 0 Å². The van der Waals surface area contributed by atoms with E-state index in [1.807, 2.05) is 0 Å². The molecule has 0 bridgehead atoms. The highest BCUT2D eigenvalue weighted by Crippen LogP contribution is 2.15. The molecular formula is C7H8BrN3. The van der Waals surface area contributed by atoms with Crippen LogP contribution in [0.1, 0.15) is 12.5 Å². The Morgan fingerprint density at radius 3 is 2.82 bits per heavy atom. The fraction of sp³-hybridized carbons (Fsp3) is 0.143. The standard InChI is InChI=1S/C7H8BrN3/c1-4(9)5-2-7(8)11-3-6(5)10/h2-3,9H,10H2,1H3. The van der Waals surface area contributed by atoms with Crippen LogP contribution in [0.3, 0.4) is 0 Å². The molecular weight excluding hydrogens is 206 g/mol. The van der Waals surface area contributed by atoms with Gasteiger partial charge in [0.2, 0.25) is 0 Å². The maximum atomic E-state index is 7.34. The molecule has 1 heterocycles. The Morgan fingerprint density at radius 1 is 1.73 bits per heavy atom. The number of anilines is 1. The van der Waals surface area contributed by atoms with Gasteiger partial charge in [0.15, 0.2) is 0 Å². The summed E-state index contributed by atoms with van der Waals surface area (Å²) in [6.45, 7) is 1.69. The van der Waals surface area contributed by atoms with Crippen LogP contribution in [0.4, 0.5) is 5.69 Å². The molecule has 3 N–H and O–H groups in total. The van der Waals surface area contributed by atoms with Crippen molar-refractivity contribution in [2.75, 3.05) is 5.73 Å². The summed E-state index contributed by atoms with van der Waals surface area (Å²) in [4.78, 5) is 3.92. The molecule has 3 nitrogen and oxygen atoms in total. The van der Waals surface area contributed by atoms with Gasteiger partial charge in [-0.1, -0.05) is 0 Å². The molecule has 1 rings (SSSR count). The number of hydrogen-bond acceptors (Lipinski definition) is 3. The van der Waals surface area contributed by atoms with E-state index in [0.29, 0.717) is 16.0 Å². The lowest BCUT2D eigenvalue weighted by Gasteiger charge is -2.01. The first-order valence-electron chi connectivity index (χ1n) is 3.08. The lowest BCUT2D eigenvalue weighted by atomic mass is 10.1. The second-order valence-corrected chi connectivity index (χ2v) is 3.03. The molecule has 0 saturated carbocycles. The highest BCUT2D eigenvalue weighted by Gasteiger charge is 2.01. The van der Waals surface area contributed by atoms with Gasteiger partial charge in [-0.05, 0) is 28.9 Å². The third kappa shape index (κ3) is 1.77. The Kier molecular flexibility index (Phi) is 2.24. The number of aromatic nitrogens is 1. The minimum atomic E-state index is 0.450. The summed E-state index contributed by atoms with van der Waals surface area (Å²) in [5.41, 5.74) is 7.29. The zero-order chi connectivity index (χ0) is 8.43. The number of pyridine rings is 1. The summed E-state index contributed by atoms with van der Waals surface area (Å²) in [5, 5.41) is 7.34. The van der Waals surface area contributed by atoms with Crippen molar-refractivity contribution in [3.8, 4) is 0 Å². The molecule has 0 radical (unpaired) electrons. The fourth-order valence-electron chi connectivity index (χ4n) is 0.765. The number of nitrogen functional groups attached to an aromatic ring is 1. The van der Waals surface area contributed by atoms with Gasteiger partial charge in [-0.25, -0.2) is 4.98 Å². The average molecular weight is 214 g/mol. The first kappa shape index (κ1) is 8.20. The van der Waals surface area contributed by atoms with Gasteiger partial charge in [0, 0.05) is 11.3 Å². The molecule has 1 aromatic rings. The maximum absolute atomic E-state index is 7.34. The number of nitrogens with one attached hydrogen (secondary N) is 1.